The Hall–Kier alpha value is -0.860. The lowest BCUT2D eigenvalue weighted by atomic mass is 10.0. The molecule has 1 aromatic rings. The quantitative estimate of drug-likeness (QED) is 0.738. The molecule has 0 heterocycles. The van der Waals surface area contributed by atoms with Gasteiger partial charge in [0.15, 0.2) is 5.78 Å². The predicted molar refractivity (Wildman–Crippen MR) is 54.3 cm³/mol. The number of halogens is 1. The van der Waals surface area contributed by atoms with Gasteiger partial charge in [-0.05, 0) is 31.0 Å². The molecule has 13 heavy (non-hydrogen) atoms. The molecule has 0 radical (unpaired) electrons. The Bertz CT molecular complexity index is 324. The van der Waals surface area contributed by atoms with Crippen molar-refractivity contribution in [3.63, 3.8) is 0 Å². The fraction of sp³-hybridized carbons (Fsp3) is 0.300. The van der Waals surface area contributed by atoms with E-state index in [-0.39, 0.29) is 12.3 Å². The van der Waals surface area contributed by atoms with Crippen LogP contribution >= 0.6 is 11.6 Å². The van der Waals surface area contributed by atoms with Crippen LogP contribution in [0.2, 0.25) is 5.02 Å². The van der Waals surface area contributed by atoms with Gasteiger partial charge in [0, 0.05) is 5.56 Å². The molecule has 0 aliphatic carbocycles. The monoisotopic (exact) mass is 197 g/mol. The molecule has 0 saturated carbocycles. The zero-order chi connectivity index (χ0) is 10.0. The first-order valence-corrected chi connectivity index (χ1v) is 4.44. The first kappa shape index (κ1) is 10.2. The normalized spacial score (nSPS) is 10.2. The molecule has 1 rings (SSSR count). The van der Waals surface area contributed by atoms with Crippen LogP contribution in [0.15, 0.2) is 12.1 Å². The third-order valence-corrected chi connectivity index (χ3v) is 2.19. The first-order chi connectivity index (χ1) is 6.06. The number of carbonyl (C=O) groups excluding carboxylic acids is 1. The minimum absolute atomic E-state index is 0.00359. The van der Waals surface area contributed by atoms with E-state index < -0.39 is 0 Å². The van der Waals surface area contributed by atoms with E-state index in [4.69, 9.17) is 17.3 Å². The summed E-state index contributed by atoms with van der Waals surface area (Å²) in [6.45, 7) is 3.81. The zero-order valence-corrected chi connectivity index (χ0v) is 8.48. The summed E-state index contributed by atoms with van der Waals surface area (Å²) in [5.41, 5.74) is 7.76. The van der Waals surface area contributed by atoms with Crippen molar-refractivity contribution in [2.45, 2.75) is 13.8 Å². The molecule has 2 nitrogen and oxygen atoms in total. The highest BCUT2D eigenvalue weighted by atomic mass is 35.5. The standard InChI is InChI=1S/C10H12ClNO/c1-6-3-7(2)10(8(11)4-6)9(13)5-12/h3-4H,5,12H2,1-2H3. The van der Waals surface area contributed by atoms with Gasteiger partial charge in [0.25, 0.3) is 0 Å². The van der Waals surface area contributed by atoms with Gasteiger partial charge in [-0.15, -0.1) is 0 Å². The highest BCUT2D eigenvalue weighted by Gasteiger charge is 2.11. The maximum absolute atomic E-state index is 11.4. The average molecular weight is 198 g/mol. The summed E-state index contributed by atoms with van der Waals surface area (Å²) >= 11 is 5.93. The van der Waals surface area contributed by atoms with Crippen molar-refractivity contribution in [2.24, 2.45) is 5.73 Å². The third-order valence-electron chi connectivity index (χ3n) is 1.90. The summed E-state index contributed by atoms with van der Waals surface area (Å²) in [6.07, 6.45) is 0. The molecule has 70 valence electrons. The van der Waals surface area contributed by atoms with Gasteiger partial charge in [0.2, 0.25) is 0 Å². The van der Waals surface area contributed by atoms with E-state index in [1.165, 1.54) is 0 Å². The first-order valence-electron chi connectivity index (χ1n) is 4.06. The topological polar surface area (TPSA) is 43.1 Å². The molecular weight excluding hydrogens is 186 g/mol. The number of carbonyl (C=O) groups is 1. The maximum atomic E-state index is 11.4. The van der Waals surface area contributed by atoms with Crippen molar-refractivity contribution in [1.29, 1.82) is 0 Å². The van der Waals surface area contributed by atoms with Crippen LogP contribution in [0.5, 0.6) is 0 Å². The Balaban J connectivity index is 3.28. The second kappa shape index (κ2) is 3.90. The number of benzene rings is 1. The number of rotatable bonds is 2. The molecule has 0 amide bonds. The lowest BCUT2D eigenvalue weighted by Crippen LogP contribution is -2.15. The second-order valence-corrected chi connectivity index (χ2v) is 3.47. The van der Waals surface area contributed by atoms with Gasteiger partial charge in [-0.25, -0.2) is 0 Å². The number of nitrogens with two attached hydrogens (primary N) is 1. The van der Waals surface area contributed by atoms with E-state index in [9.17, 15) is 4.79 Å². The molecule has 0 aliphatic heterocycles. The van der Waals surface area contributed by atoms with Crippen molar-refractivity contribution < 1.29 is 4.79 Å². The van der Waals surface area contributed by atoms with E-state index in [1.807, 2.05) is 19.9 Å². The molecule has 0 atom stereocenters. The largest absolute Gasteiger partial charge is 0.324 e. The fourth-order valence-electron chi connectivity index (χ4n) is 1.37. The average Bonchev–Trinajstić information content (AvgIpc) is 2.02. The lowest BCUT2D eigenvalue weighted by molar-refractivity contribution is 0.100. The van der Waals surface area contributed by atoms with Crippen molar-refractivity contribution in [3.8, 4) is 0 Å². The van der Waals surface area contributed by atoms with Gasteiger partial charge >= 0.3 is 0 Å². The molecule has 1 aromatic carbocycles. The summed E-state index contributed by atoms with van der Waals surface area (Å²) < 4.78 is 0. The van der Waals surface area contributed by atoms with Gasteiger partial charge in [-0.2, -0.15) is 0 Å². The highest BCUT2D eigenvalue weighted by molar-refractivity contribution is 6.34. The Kier molecular flexibility index (Phi) is 3.07. The summed E-state index contributed by atoms with van der Waals surface area (Å²) in [4.78, 5) is 11.4. The van der Waals surface area contributed by atoms with E-state index >= 15 is 0 Å². The number of hydrogen-bond acceptors (Lipinski definition) is 2. The van der Waals surface area contributed by atoms with E-state index in [0.29, 0.717) is 10.6 Å². The van der Waals surface area contributed by atoms with Crippen LogP contribution in [0.25, 0.3) is 0 Å². The number of ketones is 1. The summed E-state index contributed by atoms with van der Waals surface area (Å²) in [5.74, 6) is -0.109. The van der Waals surface area contributed by atoms with Crippen molar-refractivity contribution in [1.82, 2.24) is 0 Å². The van der Waals surface area contributed by atoms with Gasteiger partial charge in [-0.1, -0.05) is 17.7 Å². The molecule has 3 heteroatoms. The maximum Gasteiger partial charge on any atom is 0.178 e. The fourth-order valence-corrected chi connectivity index (χ4v) is 1.80. The van der Waals surface area contributed by atoms with Crippen LogP contribution in [0.1, 0.15) is 21.5 Å². The van der Waals surface area contributed by atoms with E-state index in [1.54, 1.807) is 6.07 Å². The molecule has 0 saturated heterocycles. The van der Waals surface area contributed by atoms with E-state index in [0.717, 1.165) is 11.1 Å². The van der Waals surface area contributed by atoms with Crippen molar-refractivity contribution >= 4 is 17.4 Å². The van der Waals surface area contributed by atoms with Crippen molar-refractivity contribution in [2.75, 3.05) is 6.54 Å². The third kappa shape index (κ3) is 2.08. The van der Waals surface area contributed by atoms with Crippen LogP contribution in [0.3, 0.4) is 0 Å². The predicted octanol–water partition coefficient (Wildman–Crippen LogP) is 2.10. The van der Waals surface area contributed by atoms with Gasteiger partial charge in [0.1, 0.15) is 0 Å². The molecule has 0 aromatic heterocycles. The minimum atomic E-state index is -0.109. The summed E-state index contributed by atoms with van der Waals surface area (Å²) in [6, 6.07) is 3.70. The Labute approximate surface area is 82.7 Å². The second-order valence-electron chi connectivity index (χ2n) is 3.07. The van der Waals surface area contributed by atoms with Gasteiger partial charge in [0.05, 0.1) is 11.6 Å². The van der Waals surface area contributed by atoms with E-state index in [2.05, 4.69) is 0 Å². The SMILES string of the molecule is Cc1cc(C)c(C(=O)CN)c(Cl)c1. The summed E-state index contributed by atoms with van der Waals surface area (Å²) in [7, 11) is 0. The molecule has 0 fully saturated rings. The molecular formula is C10H12ClNO. The number of Topliss-reactive ketones (excluding diaryl/α,β-unsaturated/α-hetero) is 1. The molecule has 0 unspecified atom stereocenters. The Morgan fingerprint density at radius 1 is 1.46 bits per heavy atom. The Morgan fingerprint density at radius 2 is 2.08 bits per heavy atom. The highest BCUT2D eigenvalue weighted by Crippen LogP contribution is 2.21. The lowest BCUT2D eigenvalue weighted by Gasteiger charge is -2.06. The van der Waals surface area contributed by atoms with Crippen LogP contribution < -0.4 is 5.73 Å². The van der Waals surface area contributed by atoms with Crippen LogP contribution in [0.4, 0.5) is 0 Å². The molecule has 2 N–H and O–H groups in total. The van der Waals surface area contributed by atoms with Gasteiger partial charge < -0.3 is 5.73 Å². The van der Waals surface area contributed by atoms with Crippen molar-refractivity contribution in [3.05, 3.63) is 33.8 Å². The molecule has 0 aliphatic rings. The number of hydrogen-bond donors (Lipinski definition) is 1. The zero-order valence-electron chi connectivity index (χ0n) is 7.73. The summed E-state index contributed by atoms with van der Waals surface area (Å²) in [5, 5.41) is 0.493. The van der Waals surface area contributed by atoms with Crippen LogP contribution in [-0.2, 0) is 0 Å². The minimum Gasteiger partial charge on any atom is -0.324 e. The Morgan fingerprint density at radius 3 is 2.54 bits per heavy atom. The van der Waals surface area contributed by atoms with Gasteiger partial charge in [-0.3, -0.25) is 4.79 Å². The molecule has 0 bridgehead atoms. The number of aryl methyl sites for hydroxylation is 2. The smallest absolute Gasteiger partial charge is 0.178 e. The van der Waals surface area contributed by atoms with Crippen LogP contribution in [0, 0.1) is 13.8 Å². The molecule has 0 spiro atoms. The van der Waals surface area contributed by atoms with Crippen LogP contribution in [-0.4, -0.2) is 12.3 Å².